The van der Waals surface area contributed by atoms with Crippen LogP contribution in [0, 0.1) is 0 Å². The average Bonchev–Trinajstić information content (AvgIpc) is 2.30. The number of hydrogen-bond donors (Lipinski definition) is 1. The van der Waals surface area contributed by atoms with E-state index in [1.54, 1.807) is 0 Å². The van der Waals surface area contributed by atoms with E-state index in [1.807, 2.05) is 0 Å². The standard InChI is InChI=1S/C14H27BO2/c1-13(9-5-3-6-10-13)15(16)17-14(2)11-7-4-8-12-14/h16H,3-12H2,1-2H3. The fraction of sp³-hybridized carbons (Fsp3) is 1.00. The van der Waals surface area contributed by atoms with Gasteiger partial charge in [0.1, 0.15) is 0 Å². The van der Waals surface area contributed by atoms with E-state index < -0.39 is 7.12 Å². The Morgan fingerprint density at radius 2 is 1.29 bits per heavy atom. The molecule has 0 atom stereocenters. The molecule has 0 spiro atoms. The summed E-state index contributed by atoms with van der Waals surface area (Å²) >= 11 is 0. The van der Waals surface area contributed by atoms with Gasteiger partial charge in [0.15, 0.2) is 0 Å². The van der Waals surface area contributed by atoms with Crippen LogP contribution in [0.1, 0.15) is 78.1 Å². The average molecular weight is 238 g/mol. The Morgan fingerprint density at radius 1 is 0.824 bits per heavy atom. The third-order valence-electron chi connectivity index (χ3n) is 4.90. The summed E-state index contributed by atoms with van der Waals surface area (Å²) in [5.74, 6) is 0. The molecule has 0 aromatic heterocycles. The van der Waals surface area contributed by atoms with Gasteiger partial charge in [-0.1, -0.05) is 45.4 Å². The zero-order chi connectivity index (χ0) is 12.4. The van der Waals surface area contributed by atoms with Crippen molar-refractivity contribution in [2.45, 2.75) is 89.0 Å². The highest BCUT2D eigenvalue weighted by Crippen LogP contribution is 2.46. The first kappa shape index (κ1) is 13.4. The molecule has 0 bridgehead atoms. The zero-order valence-electron chi connectivity index (χ0n) is 11.5. The smallest absolute Gasteiger partial charge is 0.427 e. The minimum Gasteiger partial charge on any atom is -0.427 e. The Labute approximate surface area is 106 Å². The summed E-state index contributed by atoms with van der Waals surface area (Å²) in [5, 5.41) is 10.4. The number of rotatable bonds is 3. The van der Waals surface area contributed by atoms with Gasteiger partial charge < -0.3 is 9.68 Å². The van der Waals surface area contributed by atoms with Gasteiger partial charge in [0.2, 0.25) is 0 Å². The second-order valence-corrected chi connectivity index (χ2v) is 6.70. The Balaban J connectivity index is 1.92. The normalized spacial score (nSPS) is 27.7. The van der Waals surface area contributed by atoms with E-state index in [4.69, 9.17) is 4.65 Å². The molecule has 2 aliphatic rings. The molecule has 0 aromatic rings. The molecule has 1 N–H and O–H groups in total. The Kier molecular flexibility index (Phi) is 4.20. The van der Waals surface area contributed by atoms with Crippen LogP contribution in [0.3, 0.4) is 0 Å². The molecule has 2 fully saturated rings. The predicted molar refractivity (Wildman–Crippen MR) is 72.0 cm³/mol. The van der Waals surface area contributed by atoms with Crippen LogP contribution < -0.4 is 0 Å². The van der Waals surface area contributed by atoms with Gasteiger partial charge >= 0.3 is 7.12 Å². The Hall–Kier alpha value is -0.0151. The lowest BCUT2D eigenvalue weighted by Gasteiger charge is -2.41. The van der Waals surface area contributed by atoms with Crippen LogP contribution in [0.15, 0.2) is 0 Å². The van der Waals surface area contributed by atoms with Gasteiger partial charge in [-0.05, 0) is 32.6 Å². The molecule has 98 valence electrons. The van der Waals surface area contributed by atoms with Crippen LogP contribution in [0.4, 0.5) is 0 Å². The van der Waals surface area contributed by atoms with E-state index in [-0.39, 0.29) is 10.9 Å². The van der Waals surface area contributed by atoms with Gasteiger partial charge in [-0.2, -0.15) is 0 Å². The van der Waals surface area contributed by atoms with E-state index in [0.29, 0.717) is 0 Å². The van der Waals surface area contributed by atoms with Crippen molar-refractivity contribution in [3.63, 3.8) is 0 Å². The number of hydrogen-bond acceptors (Lipinski definition) is 2. The van der Waals surface area contributed by atoms with E-state index in [1.165, 1.54) is 38.5 Å². The monoisotopic (exact) mass is 238 g/mol. The first-order chi connectivity index (χ1) is 8.04. The lowest BCUT2D eigenvalue weighted by molar-refractivity contribution is 0.0180. The van der Waals surface area contributed by atoms with Gasteiger partial charge in [0, 0.05) is 5.31 Å². The summed E-state index contributed by atoms with van der Waals surface area (Å²) in [5.41, 5.74) is -0.0713. The van der Waals surface area contributed by atoms with Crippen LogP contribution in [0.2, 0.25) is 5.31 Å². The topological polar surface area (TPSA) is 29.5 Å². The van der Waals surface area contributed by atoms with Crippen molar-refractivity contribution in [2.24, 2.45) is 0 Å². The molecule has 0 unspecified atom stereocenters. The van der Waals surface area contributed by atoms with Crippen molar-refractivity contribution in [1.29, 1.82) is 0 Å². The zero-order valence-corrected chi connectivity index (χ0v) is 11.5. The maximum Gasteiger partial charge on any atom is 0.460 e. The van der Waals surface area contributed by atoms with Crippen molar-refractivity contribution < 1.29 is 9.68 Å². The minimum absolute atomic E-state index is 0.00128. The quantitative estimate of drug-likeness (QED) is 0.755. The second kappa shape index (κ2) is 5.32. The van der Waals surface area contributed by atoms with E-state index in [2.05, 4.69) is 13.8 Å². The molecule has 2 aliphatic carbocycles. The van der Waals surface area contributed by atoms with E-state index >= 15 is 0 Å². The summed E-state index contributed by atoms with van der Waals surface area (Å²) in [7, 11) is -0.564. The Morgan fingerprint density at radius 3 is 1.82 bits per heavy atom. The van der Waals surface area contributed by atoms with Crippen molar-refractivity contribution in [1.82, 2.24) is 0 Å². The summed E-state index contributed by atoms with van der Waals surface area (Å²) in [4.78, 5) is 0. The third kappa shape index (κ3) is 3.26. The van der Waals surface area contributed by atoms with E-state index in [0.717, 1.165) is 25.7 Å². The van der Waals surface area contributed by atoms with Gasteiger partial charge in [0.05, 0.1) is 5.60 Å². The highest BCUT2D eigenvalue weighted by molar-refractivity contribution is 6.47. The molecule has 0 radical (unpaired) electrons. The highest BCUT2D eigenvalue weighted by atomic mass is 16.5. The van der Waals surface area contributed by atoms with Crippen molar-refractivity contribution >= 4 is 7.12 Å². The largest absolute Gasteiger partial charge is 0.460 e. The van der Waals surface area contributed by atoms with Gasteiger partial charge in [0.25, 0.3) is 0 Å². The van der Waals surface area contributed by atoms with Crippen LogP contribution in [0.5, 0.6) is 0 Å². The first-order valence-corrected chi connectivity index (χ1v) is 7.40. The molecule has 0 aliphatic heterocycles. The molecule has 0 heterocycles. The molecular weight excluding hydrogens is 211 g/mol. The van der Waals surface area contributed by atoms with Gasteiger partial charge in [-0.3, -0.25) is 0 Å². The van der Waals surface area contributed by atoms with Crippen LogP contribution in [-0.4, -0.2) is 17.7 Å². The van der Waals surface area contributed by atoms with Crippen molar-refractivity contribution in [2.75, 3.05) is 0 Å². The molecule has 2 nitrogen and oxygen atoms in total. The summed E-state index contributed by atoms with van der Waals surface area (Å²) < 4.78 is 6.08. The van der Waals surface area contributed by atoms with E-state index in [9.17, 15) is 5.02 Å². The van der Waals surface area contributed by atoms with Crippen molar-refractivity contribution in [3.05, 3.63) is 0 Å². The van der Waals surface area contributed by atoms with Gasteiger partial charge in [-0.15, -0.1) is 0 Å². The second-order valence-electron chi connectivity index (χ2n) is 6.70. The van der Waals surface area contributed by atoms with Crippen LogP contribution >= 0.6 is 0 Å². The maximum absolute atomic E-state index is 10.4. The lowest BCUT2D eigenvalue weighted by atomic mass is 9.52. The van der Waals surface area contributed by atoms with Gasteiger partial charge in [-0.25, -0.2) is 0 Å². The van der Waals surface area contributed by atoms with Crippen LogP contribution in [-0.2, 0) is 4.65 Å². The maximum atomic E-state index is 10.4. The summed E-state index contributed by atoms with van der Waals surface area (Å²) in [6.07, 6.45) is 12.1. The molecule has 0 aromatic carbocycles. The lowest BCUT2D eigenvalue weighted by Crippen LogP contribution is -2.44. The SMILES string of the molecule is CC1(OB(O)C2(C)CCCCC2)CCCCC1. The fourth-order valence-corrected chi connectivity index (χ4v) is 3.44. The fourth-order valence-electron chi connectivity index (χ4n) is 3.44. The molecule has 2 rings (SSSR count). The molecular formula is C14H27BO2. The van der Waals surface area contributed by atoms with Crippen molar-refractivity contribution in [3.8, 4) is 0 Å². The third-order valence-corrected chi connectivity index (χ3v) is 4.90. The molecule has 3 heteroatoms. The molecule has 2 saturated carbocycles. The Bertz CT molecular complexity index is 243. The molecule has 0 amide bonds. The molecule has 0 saturated heterocycles. The minimum atomic E-state index is -0.564. The predicted octanol–water partition coefficient (Wildman–Crippen LogP) is 3.93. The summed E-state index contributed by atoms with van der Waals surface area (Å²) in [6.45, 7) is 4.38. The first-order valence-electron chi connectivity index (χ1n) is 7.40. The molecule has 17 heavy (non-hydrogen) atoms. The van der Waals surface area contributed by atoms with Crippen LogP contribution in [0.25, 0.3) is 0 Å². The highest BCUT2D eigenvalue weighted by Gasteiger charge is 2.44. The summed E-state index contributed by atoms with van der Waals surface area (Å²) in [6, 6.07) is 0.